The van der Waals surface area contributed by atoms with E-state index in [1.165, 1.54) is 4.90 Å². The first-order valence-electron chi connectivity index (χ1n) is 4.98. The molecule has 1 rings (SSSR count). The number of nitrogens with two attached hydrogens (primary N) is 1. The number of hydrogen-bond donors (Lipinski definition) is 2. The van der Waals surface area contributed by atoms with Gasteiger partial charge < -0.3 is 11.1 Å². The quantitative estimate of drug-likeness (QED) is 0.790. The van der Waals surface area contributed by atoms with Crippen LogP contribution in [0.3, 0.4) is 0 Å². The van der Waals surface area contributed by atoms with Crippen molar-refractivity contribution >= 4 is 33.6 Å². The van der Waals surface area contributed by atoms with Gasteiger partial charge in [0, 0.05) is 9.37 Å². The Morgan fingerprint density at radius 2 is 2.38 bits per heavy atom. The molecule has 0 fully saturated rings. The maximum Gasteiger partial charge on any atom is 0.234 e. The fraction of sp³-hybridized carbons (Fsp3) is 0.364. The molecule has 0 aliphatic rings. The zero-order valence-corrected chi connectivity index (χ0v) is 11.5. The van der Waals surface area contributed by atoms with Crippen LogP contribution in [0.2, 0.25) is 0 Å². The fourth-order valence-electron chi connectivity index (χ4n) is 1.28. The third-order valence-corrected chi connectivity index (χ3v) is 3.68. The van der Waals surface area contributed by atoms with Crippen LogP contribution in [-0.2, 0) is 4.79 Å². The van der Waals surface area contributed by atoms with E-state index in [-0.39, 0.29) is 11.9 Å². The molecule has 1 unspecified atom stereocenters. The standard InChI is InChI=1S/C11H15BrN2OS/c1-14-10(11(13)15)5-6-16-9-4-2-3-8(12)7-9/h2-4,7,10,14H,5-6H2,1H3,(H2,13,15). The van der Waals surface area contributed by atoms with E-state index in [9.17, 15) is 4.79 Å². The number of carbonyl (C=O) groups excluding carboxylic acids is 1. The summed E-state index contributed by atoms with van der Waals surface area (Å²) in [5, 5.41) is 2.90. The van der Waals surface area contributed by atoms with E-state index in [1.54, 1.807) is 18.8 Å². The van der Waals surface area contributed by atoms with E-state index < -0.39 is 0 Å². The van der Waals surface area contributed by atoms with Gasteiger partial charge in [-0.2, -0.15) is 0 Å². The van der Waals surface area contributed by atoms with Crippen molar-refractivity contribution < 1.29 is 4.79 Å². The van der Waals surface area contributed by atoms with E-state index in [0.29, 0.717) is 0 Å². The third-order valence-electron chi connectivity index (χ3n) is 2.16. The number of halogens is 1. The van der Waals surface area contributed by atoms with Gasteiger partial charge in [0.15, 0.2) is 0 Å². The first-order valence-corrected chi connectivity index (χ1v) is 6.76. The van der Waals surface area contributed by atoms with Gasteiger partial charge in [-0.15, -0.1) is 11.8 Å². The van der Waals surface area contributed by atoms with Crippen LogP contribution in [0.25, 0.3) is 0 Å². The molecule has 0 saturated carbocycles. The highest BCUT2D eigenvalue weighted by molar-refractivity contribution is 9.10. The Kier molecular flexibility index (Phi) is 5.87. The number of benzene rings is 1. The van der Waals surface area contributed by atoms with Crippen molar-refractivity contribution in [3.63, 3.8) is 0 Å². The number of likely N-dealkylation sites (N-methyl/N-ethyl adjacent to an activating group) is 1. The molecule has 3 nitrogen and oxygen atoms in total. The number of rotatable bonds is 6. The van der Waals surface area contributed by atoms with Gasteiger partial charge in [0.25, 0.3) is 0 Å². The van der Waals surface area contributed by atoms with Crippen LogP contribution in [0.5, 0.6) is 0 Å². The summed E-state index contributed by atoms with van der Waals surface area (Å²) >= 11 is 5.14. The Hall–Kier alpha value is -0.520. The van der Waals surface area contributed by atoms with Crippen LogP contribution in [0.1, 0.15) is 6.42 Å². The number of nitrogens with one attached hydrogen (secondary N) is 1. The van der Waals surface area contributed by atoms with Gasteiger partial charge in [-0.05, 0) is 37.4 Å². The number of primary amides is 1. The molecule has 0 bridgehead atoms. The van der Waals surface area contributed by atoms with E-state index in [1.807, 2.05) is 18.2 Å². The monoisotopic (exact) mass is 302 g/mol. The van der Waals surface area contributed by atoms with E-state index in [4.69, 9.17) is 5.73 Å². The number of carbonyl (C=O) groups is 1. The summed E-state index contributed by atoms with van der Waals surface area (Å²) in [6.45, 7) is 0. The maximum atomic E-state index is 11.0. The second-order valence-corrected chi connectivity index (χ2v) is 5.42. The summed E-state index contributed by atoms with van der Waals surface area (Å²) in [4.78, 5) is 12.2. The smallest absolute Gasteiger partial charge is 0.234 e. The Morgan fingerprint density at radius 1 is 1.62 bits per heavy atom. The third kappa shape index (κ3) is 4.55. The Bertz CT molecular complexity index is 360. The first-order chi connectivity index (χ1) is 7.63. The molecule has 0 spiro atoms. The van der Waals surface area contributed by atoms with Crippen LogP contribution in [0.4, 0.5) is 0 Å². The minimum absolute atomic E-state index is 0.236. The lowest BCUT2D eigenvalue weighted by Gasteiger charge is -2.11. The molecule has 1 amide bonds. The molecular formula is C11H15BrN2OS. The molecule has 1 atom stereocenters. The summed E-state index contributed by atoms with van der Waals surface area (Å²) < 4.78 is 1.07. The van der Waals surface area contributed by atoms with E-state index in [2.05, 4.69) is 27.3 Å². The summed E-state index contributed by atoms with van der Waals surface area (Å²) in [7, 11) is 1.75. The Balaban J connectivity index is 2.38. The number of hydrogen-bond acceptors (Lipinski definition) is 3. The minimum Gasteiger partial charge on any atom is -0.368 e. The van der Waals surface area contributed by atoms with Crippen molar-refractivity contribution in [1.29, 1.82) is 0 Å². The van der Waals surface area contributed by atoms with Gasteiger partial charge in [0.1, 0.15) is 0 Å². The largest absolute Gasteiger partial charge is 0.368 e. The lowest BCUT2D eigenvalue weighted by molar-refractivity contribution is -0.119. The zero-order chi connectivity index (χ0) is 12.0. The predicted molar refractivity (Wildman–Crippen MR) is 71.5 cm³/mol. The van der Waals surface area contributed by atoms with Crippen molar-refractivity contribution in [1.82, 2.24) is 5.32 Å². The Morgan fingerprint density at radius 3 is 2.94 bits per heavy atom. The maximum absolute atomic E-state index is 11.0. The zero-order valence-electron chi connectivity index (χ0n) is 9.07. The second-order valence-electron chi connectivity index (χ2n) is 3.34. The molecule has 0 heterocycles. The SMILES string of the molecule is CNC(CCSc1cccc(Br)c1)C(N)=O. The van der Waals surface area contributed by atoms with Gasteiger partial charge in [0.2, 0.25) is 5.91 Å². The highest BCUT2D eigenvalue weighted by Crippen LogP contribution is 2.22. The van der Waals surface area contributed by atoms with Gasteiger partial charge in [0.05, 0.1) is 6.04 Å². The van der Waals surface area contributed by atoms with E-state index >= 15 is 0 Å². The highest BCUT2D eigenvalue weighted by Gasteiger charge is 2.11. The van der Waals surface area contributed by atoms with Gasteiger partial charge in [-0.25, -0.2) is 0 Å². The minimum atomic E-state index is -0.294. The first kappa shape index (κ1) is 13.5. The topological polar surface area (TPSA) is 55.1 Å². The van der Waals surface area contributed by atoms with Crippen LogP contribution >= 0.6 is 27.7 Å². The molecule has 0 aromatic heterocycles. The van der Waals surface area contributed by atoms with Crippen LogP contribution in [0.15, 0.2) is 33.6 Å². The highest BCUT2D eigenvalue weighted by atomic mass is 79.9. The van der Waals surface area contributed by atoms with Crippen LogP contribution < -0.4 is 11.1 Å². The molecule has 5 heteroatoms. The summed E-state index contributed by atoms with van der Waals surface area (Å²) in [5.41, 5.74) is 5.23. The lowest BCUT2D eigenvalue weighted by atomic mass is 10.2. The predicted octanol–water partition coefficient (Wildman–Crippen LogP) is 2.00. The molecular weight excluding hydrogens is 288 g/mol. The normalized spacial score (nSPS) is 12.4. The molecule has 1 aromatic rings. The van der Waals surface area contributed by atoms with E-state index in [0.717, 1.165) is 16.6 Å². The number of amides is 1. The summed E-state index contributed by atoms with van der Waals surface area (Å²) in [6, 6.07) is 7.86. The van der Waals surface area contributed by atoms with Crippen molar-refractivity contribution in [2.45, 2.75) is 17.4 Å². The van der Waals surface area contributed by atoms with Crippen LogP contribution in [-0.4, -0.2) is 24.7 Å². The molecule has 0 radical (unpaired) electrons. The van der Waals surface area contributed by atoms with Gasteiger partial charge in [-0.1, -0.05) is 22.0 Å². The van der Waals surface area contributed by atoms with Gasteiger partial charge >= 0.3 is 0 Å². The molecule has 0 saturated heterocycles. The molecule has 0 aliphatic heterocycles. The number of thioether (sulfide) groups is 1. The molecule has 0 aliphatic carbocycles. The summed E-state index contributed by atoms with van der Waals surface area (Å²) in [6.07, 6.45) is 0.739. The average Bonchev–Trinajstić information content (AvgIpc) is 2.24. The van der Waals surface area contributed by atoms with Crippen LogP contribution in [0, 0.1) is 0 Å². The van der Waals surface area contributed by atoms with Crippen molar-refractivity contribution in [3.05, 3.63) is 28.7 Å². The van der Waals surface area contributed by atoms with Crippen molar-refractivity contribution in [2.75, 3.05) is 12.8 Å². The van der Waals surface area contributed by atoms with Crippen molar-refractivity contribution in [3.8, 4) is 0 Å². The molecule has 88 valence electrons. The molecule has 16 heavy (non-hydrogen) atoms. The average molecular weight is 303 g/mol. The van der Waals surface area contributed by atoms with Gasteiger partial charge in [-0.3, -0.25) is 4.79 Å². The second kappa shape index (κ2) is 6.93. The van der Waals surface area contributed by atoms with Crippen molar-refractivity contribution in [2.24, 2.45) is 5.73 Å². The molecule has 1 aromatic carbocycles. The summed E-state index contributed by atoms with van der Waals surface area (Å²) in [5.74, 6) is 0.572. The Labute approximate surface area is 108 Å². The fourth-order valence-corrected chi connectivity index (χ4v) is 2.81. The lowest BCUT2D eigenvalue weighted by Crippen LogP contribution is -2.39. The molecule has 3 N–H and O–H groups in total.